The van der Waals surface area contributed by atoms with Crippen LogP contribution in [0.3, 0.4) is 0 Å². The zero-order valence-electron chi connectivity index (χ0n) is 12.4. The zero-order valence-corrected chi connectivity index (χ0v) is 12.4. The van der Waals surface area contributed by atoms with Crippen LogP contribution < -0.4 is 4.74 Å². The molecule has 0 amide bonds. The van der Waals surface area contributed by atoms with Crippen LogP contribution in [0.1, 0.15) is 22.0 Å². The lowest BCUT2D eigenvalue weighted by Crippen LogP contribution is -2.14. The Labute approximate surface area is 129 Å². The molecule has 2 aromatic rings. The number of Topliss-reactive ketones (excluding diaryl/α,β-unsaturated/α-hetero) is 1. The first-order valence-corrected chi connectivity index (χ1v) is 7.24. The Bertz CT molecular complexity index is 617. The molecule has 1 saturated heterocycles. The number of ether oxygens (including phenoxy) is 3. The predicted octanol–water partition coefficient (Wildman–Crippen LogP) is 3.03. The number of carbonyl (C=O) groups is 1. The summed E-state index contributed by atoms with van der Waals surface area (Å²) in [7, 11) is 1.54. The highest BCUT2D eigenvalue weighted by molar-refractivity contribution is 6.00. The minimum atomic E-state index is -0.590. The molecule has 3 rings (SSSR count). The summed E-state index contributed by atoms with van der Waals surface area (Å²) in [6, 6.07) is 16.6. The quantitative estimate of drug-likeness (QED) is 0.582. The van der Waals surface area contributed by atoms with E-state index in [1.807, 2.05) is 30.3 Å². The number of benzene rings is 2. The van der Waals surface area contributed by atoms with E-state index in [4.69, 9.17) is 14.2 Å². The molecule has 1 aliphatic rings. The van der Waals surface area contributed by atoms with Gasteiger partial charge in [0.15, 0.2) is 5.78 Å². The summed E-state index contributed by atoms with van der Waals surface area (Å²) in [6.45, 7) is 1.32. The van der Waals surface area contributed by atoms with E-state index in [2.05, 4.69) is 0 Å². The number of epoxide rings is 1. The molecule has 2 atom stereocenters. The summed E-state index contributed by atoms with van der Waals surface area (Å²) >= 11 is 0. The van der Waals surface area contributed by atoms with Crippen molar-refractivity contribution in [3.8, 4) is 5.75 Å². The lowest BCUT2D eigenvalue weighted by molar-refractivity contribution is 0.0604. The molecule has 0 bridgehead atoms. The Balaban J connectivity index is 1.70. The molecule has 0 saturated carbocycles. The first-order chi connectivity index (χ1) is 10.8. The van der Waals surface area contributed by atoms with Gasteiger partial charge in [-0.1, -0.05) is 30.3 Å². The Kier molecular flexibility index (Phi) is 4.51. The van der Waals surface area contributed by atoms with Gasteiger partial charge in [-0.3, -0.25) is 4.79 Å². The van der Waals surface area contributed by atoms with Crippen molar-refractivity contribution in [1.29, 1.82) is 0 Å². The SMILES string of the molecule is COC(C(=O)c1ccc(OCC2CO2)cc1)c1ccccc1. The largest absolute Gasteiger partial charge is 0.491 e. The van der Waals surface area contributed by atoms with Crippen molar-refractivity contribution < 1.29 is 19.0 Å². The van der Waals surface area contributed by atoms with Crippen LogP contribution in [0.2, 0.25) is 0 Å². The zero-order chi connectivity index (χ0) is 15.4. The Morgan fingerprint density at radius 3 is 2.45 bits per heavy atom. The fourth-order valence-corrected chi connectivity index (χ4v) is 2.24. The summed E-state index contributed by atoms with van der Waals surface area (Å²) in [5.74, 6) is 0.673. The highest BCUT2D eigenvalue weighted by atomic mass is 16.6. The van der Waals surface area contributed by atoms with Gasteiger partial charge in [-0.25, -0.2) is 0 Å². The predicted molar refractivity (Wildman–Crippen MR) is 82.2 cm³/mol. The van der Waals surface area contributed by atoms with Crippen molar-refractivity contribution in [1.82, 2.24) is 0 Å². The van der Waals surface area contributed by atoms with Crippen LogP contribution in [0.4, 0.5) is 0 Å². The van der Waals surface area contributed by atoms with Gasteiger partial charge in [-0.2, -0.15) is 0 Å². The van der Waals surface area contributed by atoms with Gasteiger partial charge >= 0.3 is 0 Å². The molecule has 0 aromatic heterocycles. The van der Waals surface area contributed by atoms with Crippen molar-refractivity contribution in [2.75, 3.05) is 20.3 Å². The minimum absolute atomic E-state index is 0.0641. The highest BCUT2D eigenvalue weighted by Crippen LogP contribution is 2.23. The van der Waals surface area contributed by atoms with Gasteiger partial charge in [0, 0.05) is 12.7 Å². The standard InChI is InChI=1S/C18H18O4/c1-20-18(14-5-3-2-4-6-14)17(19)13-7-9-15(10-8-13)21-11-16-12-22-16/h2-10,16,18H,11-12H2,1H3. The molecular formula is C18H18O4. The summed E-state index contributed by atoms with van der Waals surface area (Å²) in [5.41, 5.74) is 1.45. The Hall–Kier alpha value is -2.17. The molecule has 2 aromatic carbocycles. The number of hydrogen-bond acceptors (Lipinski definition) is 4. The highest BCUT2D eigenvalue weighted by Gasteiger charge is 2.23. The van der Waals surface area contributed by atoms with Gasteiger partial charge in [-0.15, -0.1) is 0 Å². The number of hydrogen-bond donors (Lipinski definition) is 0. The molecule has 4 nitrogen and oxygen atoms in total. The van der Waals surface area contributed by atoms with Gasteiger partial charge in [0.25, 0.3) is 0 Å². The lowest BCUT2D eigenvalue weighted by Gasteiger charge is -2.15. The average Bonchev–Trinajstić information content (AvgIpc) is 3.39. The third kappa shape index (κ3) is 3.53. The van der Waals surface area contributed by atoms with E-state index in [1.165, 1.54) is 0 Å². The van der Waals surface area contributed by atoms with Crippen LogP contribution in [0, 0.1) is 0 Å². The number of methoxy groups -OCH3 is 1. The Morgan fingerprint density at radius 1 is 1.18 bits per heavy atom. The minimum Gasteiger partial charge on any atom is -0.491 e. The molecule has 0 spiro atoms. The summed E-state index contributed by atoms with van der Waals surface area (Å²) < 4.78 is 16.0. The van der Waals surface area contributed by atoms with Crippen molar-refractivity contribution in [3.05, 3.63) is 65.7 Å². The van der Waals surface area contributed by atoms with Crippen molar-refractivity contribution in [2.24, 2.45) is 0 Å². The van der Waals surface area contributed by atoms with Crippen LogP contribution in [0.25, 0.3) is 0 Å². The molecule has 1 fully saturated rings. The topological polar surface area (TPSA) is 48.1 Å². The first-order valence-electron chi connectivity index (χ1n) is 7.24. The third-order valence-corrected chi connectivity index (χ3v) is 3.55. The maximum atomic E-state index is 12.6. The molecule has 0 N–H and O–H groups in total. The smallest absolute Gasteiger partial charge is 0.196 e. The molecule has 1 aliphatic heterocycles. The second-order valence-corrected chi connectivity index (χ2v) is 5.18. The van der Waals surface area contributed by atoms with Gasteiger partial charge < -0.3 is 14.2 Å². The molecule has 1 heterocycles. The summed E-state index contributed by atoms with van der Waals surface area (Å²) in [6.07, 6.45) is -0.370. The molecule has 0 aliphatic carbocycles. The van der Waals surface area contributed by atoms with Gasteiger partial charge in [-0.05, 0) is 29.8 Å². The lowest BCUT2D eigenvalue weighted by atomic mass is 10.00. The van der Waals surface area contributed by atoms with Gasteiger partial charge in [0.2, 0.25) is 0 Å². The van der Waals surface area contributed by atoms with E-state index in [0.717, 1.165) is 17.9 Å². The van der Waals surface area contributed by atoms with E-state index in [9.17, 15) is 4.79 Å². The second-order valence-electron chi connectivity index (χ2n) is 5.18. The molecule has 4 heteroatoms. The van der Waals surface area contributed by atoms with Gasteiger partial charge in [0.05, 0.1) is 6.61 Å². The van der Waals surface area contributed by atoms with E-state index < -0.39 is 6.10 Å². The monoisotopic (exact) mass is 298 g/mol. The van der Waals surface area contributed by atoms with Crippen LogP contribution in [0.5, 0.6) is 5.75 Å². The third-order valence-electron chi connectivity index (χ3n) is 3.55. The number of carbonyl (C=O) groups excluding carboxylic acids is 1. The van der Waals surface area contributed by atoms with E-state index in [-0.39, 0.29) is 11.9 Å². The summed E-state index contributed by atoms with van der Waals surface area (Å²) in [4.78, 5) is 12.6. The van der Waals surface area contributed by atoms with Crippen LogP contribution in [0.15, 0.2) is 54.6 Å². The van der Waals surface area contributed by atoms with E-state index in [0.29, 0.717) is 12.2 Å². The van der Waals surface area contributed by atoms with Crippen molar-refractivity contribution in [2.45, 2.75) is 12.2 Å². The maximum absolute atomic E-state index is 12.6. The van der Waals surface area contributed by atoms with Crippen LogP contribution in [-0.4, -0.2) is 32.2 Å². The fourth-order valence-electron chi connectivity index (χ4n) is 2.24. The first kappa shape index (κ1) is 14.8. The average molecular weight is 298 g/mol. The second kappa shape index (κ2) is 6.73. The molecule has 114 valence electrons. The number of ketones is 1. The normalized spacial score (nSPS) is 17.8. The van der Waals surface area contributed by atoms with Crippen LogP contribution in [-0.2, 0) is 9.47 Å². The van der Waals surface area contributed by atoms with E-state index >= 15 is 0 Å². The Morgan fingerprint density at radius 2 is 1.86 bits per heavy atom. The molecule has 0 radical (unpaired) electrons. The van der Waals surface area contributed by atoms with Crippen molar-refractivity contribution in [3.63, 3.8) is 0 Å². The molecule has 2 unspecified atom stereocenters. The fraction of sp³-hybridized carbons (Fsp3) is 0.278. The summed E-state index contributed by atoms with van der Waals surface area (Å²) in [5, 5.41) is 0. The van der Waals surface area contributed by atoms with Crippen molar-refractivity contribution >= 4 is 5.78 Å². The van der Waals surface area contributed by atoms with Gasteiger partial charge in [0.1, 0.15) is 24.6 Å². The molecule has 22 heavy (non-hydrogen) atoms. The van der Waals surface area contributed by atoms with E-state index in [1.54, 1.807) is 31.4 Å². The van der Waals surface area contributed by atoms with Crippen LogP contribution >= 0.6 is 0 Å². The number of rotatable bonds is 7. The maximum Gasteiger partial charge on any atom is 0.196 e. The molecular weight excluding hydrogens is 280 g/mol.